The van der Waals surface area contributed by atoms with Crippen molar-refractivity contribution in [1.82, 2.24) is 8.97 Å². The van der Waals surface area contributed by atoms with Crippen molar-refractivity contribution in [3.63, 3.8) is 0 Å². The van der Waals surface area contributed by atoms with Crippen molar-refractivity contribution >= 4 is 70.7 Å². The normalized spacial score (nSPS) is 12.2. The molecule has 11 aromatic rings. The maximum atomic E-state index is 2.55. The van der Waals surface area contributed by atoms with Crippen molar-refractivity contribution in [1.29, 1.82) is 0 Å². The molecular weight excluding hydrogens is 581 g/mol. The highest BCUT2D eigenvalue weighted by molar-refractivity contribution is 6.39. The number of nitrogens with zero attached hydrogens (tertiary/aromatic N) is 2. The number of benzene rings is 8. The quantitative estimate of drug-likeness (QED) is 0.189. The Morgan fingerprint density at radius 1 is 0.292 bits per heavy atom. The minimum Gasteiger partial charge on any atom is -0.308 e. The average molecular weight is 609 g/mol. The summed E-state index contributed by atoms with van der Waals surface area (Å²) in [4.78, 5) is 0. The molecule has 0 unspecified atom stereocenters. The summed E-state index contributed by atoms with van der Waals surface area (Å²) in [6.45, 7) is 0. The van der Waals surface area contributed by atoms with E-state index in [2.05, 4.69) is 179 Å². The van der Waals surface area contributed by atoms with Crippen LogP contribution in [0.2, 0.25) is 0 Å². The Bertz CT molecular complexity index is 2970. The standard InChI is InChI=1S/C46H28N2/c1-3-14-29(15-4-1)31-26-32(30-16-5-2-6-17-30)28-33(27-31)47-41-25-12-10-21-38(41)43-45(47)37-20-8-7-19-35(37)42-39-23-13-22-36-34-18-9-11-24-40(34)48(44(36)39)46(42)43/h1-28H. The van der Waals surface area contributed by atoms with E-state index >= 15 is 0 Å². The van der Waals surface area contributed by atoms with Crippen LogP contribution in [-0.2, 0) is 0 Å². The van der Waals surface area contributed by atoms with Gasteiger partial charge in [0.2, 0.25) is 0 Å². The largest absolute Gasteiger partial charge is 0.308 e. The number of fused-ring (bicyclic) bond motifs is 13. The second-order valence-corrected chi connectivity index (χ2v) is 12.9. The van der Waals surface area contributed by atoms with Gasteiger partial charge in [-0.15, -0.1) is 0 Å². The summed E-state index contributed by atoms with van der Waals surface area (Å²) in [5.74, 6) is 0. The third-order valence-electron chi connectivity index (χ3n) is 10.4. The Morgan fingerprint density at radius 3 is 1.52 bits per heavy atom. The third kappa shape index (κ3) is 3.36. The molecule has 0 amide bonds. The lowest BCUT2D eigenvalue weighted by Gasteiger charge is -2.15. The van der Waals surface area contributed by atoms with Gasteiger partial charge in [0.25, 0.3) is 0 Å². The first kappa shape index (κ1) is 25.8. The Hall–Kier alpha value is -6.38. The molecule has 0 aliphatic carbocycles. The first-order valence-electron chi connectivity index (χ1n) is 16.6. The van der Waals surface area contributed by atoms with Crippen molar-refractivity contribution < 1.29 is 0 Å². The summed E-state index contributed by atoms with van der Waals surface area (Å²) >= 11 is 0. The van der Waals surface area contributed by atoms with E-state index in [1.807, 2.05) is 0 Å². The third-order valence-corrected chi connectivity index (χ3v) is 10.4. The molecule has 11 rings (SSSR count). The first-order valence-corrected chi connectivity index (χ1v) is 16.6. The monoisotopic (exact) mass is 608 g/mol. The van der Waals surface area contributed by atoms with Crippen LogP contribution in [0.15, 0.2) is 170 Å². The molecule has 3 aromatic heterocycles. The lowest BCUT2D eigenvalue weighted by molar-refractivity contribution is 1.19. The SMILES string of the molecule is c1ccc(-c2cc(-c3ccccc3)cc(-n3c4ccccc4c4c3c3ccccc3c3c5cccc6c7ccccc7n(c65)c34)c2)cc1. The van der Waals surface area contributed by atoms with Gasteiger partial charge in [0, 0.05) is 43.4 Å². The lowest BCUT2D eigenvalue weighted by Crippen LogP contribution is -1.97. The van der Waals surface area contributed by atoms with Gasteiger partial charge in [0.05, 0.1) is 27.6 Å². The molecule has 2 nitrogen and oxygen atoms in total. The van der Waals surface area contributed by atoms with E-state index in [1.54, 1.807) is 0 Å². The summed E-state index contributed by atoms with van der Waals surface area (Å²) in [7, 11) is 0. The molecule has 222 valence electrons. The van der Waals surface area contributed by atoms with Crippen molar-refractivity contribution in [2.24, 2.45) is 0 Å². The van der Waals surface area contributed by atoms with Crippen molar-refractivity contribution in [3.8, 4) is 27.9 Å². The van der Waals surface area contributed by atoms with Gasteiger partial charge in [-0.1, -0.05) is 140 Å². The van der Waals surface area contributed by atoms with Gasteiger partial charge in [0.15, 0.2) is 0 Å². The molecular formula is C46H28N2. The molecule has 3 heterocycles. The van der Waals surface area contributed by atoms with Crippen LogP contribution in [0.1, 0.15) is 0 Å². The number of para-hydroxylation sites is 3. The topological polar surface area (TPSA) is 9.34 Å². The summed E-state index contributed by atoms with van der Waals surface area (Å²) in [5.41, 5.74) is 12.3. The summed E-state index contributed by atoms with van der Waals surface area (Å²) in [6.07, 6.45) is 0. The van der Waals surface area contributed by atoms with Gasteiger partial charge in [-0.05, 0) is 58.0 Å². The zero-order valence-corrected chi connectivity index (χ0v) is 26.1. The van der Waals surface area contributed by atoms with Crippen LogP contribution < -0.4 is 0 Å². The molecule has 0 aliphatic rings. The van der Waals surface area contributed by atoms with Crippen molar-refractivity contribution in [3.05, 3.63) is 170 Å². The van der Waals surface area contributed by atoms with E-state index in [0.717, 1.165) is 5.69 Å². The average Bonchev–Trinajstić information content (AvgIpc) is 3.81. The fourth-order valence-corrected chi connectivity index (χ4v) is 8.45. The fraction of sp³-hybridized carbons (Fsp3) is 0. The molecule has 0 fully saturated rings. The van der Waals surface area contributed by atoms with E-state index in [-0.39, 0.29) is 0 Å². The van der Waals surface area contributed by atoms with Crippen molar-refractivity contribution in [2.45, 2.75) is 0 Å². The van der Waals surface area contributed by atoms with Gasteiger partial charge >= 0.3 is 0 Å². The van der Waals surface area contributed by atoms with Gasteiger partial charge in [-0.2, -0.15) is 0 Å². The Morgan fingerprint density at radius 2 is 0.812 bits per heavy atom. The summed E-state index contributed by atoms with van der Waals surface area (Å²) in [6, 6.07) is 62.3. The molecule has 0 saturated heterocycles. The summed E-state index contributed by atoms with van der Waals surface area (Å²) in [5, 5.41) is 10.4. The van der Waals surface area contributed by atoms with Gasteiger partial charge in [-0.25, -0.2) is 0 Å². The minimum atomic E-state index is 1.16. The number of hydrogen-bond donors (Lipinski definition) is 0. The minimum absolute atomic E-state index is 1.16. The highest BCUT2D eigenvalue weighted by Gasteiger charge is 2.25. The Kier molecular flexibility index (Phi) is 5.14. The highest BCUT2D eigenvalue weighted by Crippen LogP contribution is 2.48. The van der Waals surface area contributed by atoms with E-state index in [1.165, 1.54) is 92.9 Å². The summed E-state index contributed by atoms with van der Waals surface area (Å²) < 4.78 is 5.08. The Labute approximate surface area is 276 Å². The lowest BCUT2D eigenvalue weighted by atomic mass is 9.97. The Balaban J connectivity index is 1.39. The smallest absolute Gasteiger partial charge is 0.0648 e. The van der Waals surface area contributed by atoms with Crippen molar-refractivity contribution in [2.75, 3.05) is 0 Å². The second kappa shape index (κ2) is 9.57. The first-order chi connectivity index (χ1) is 23.8. The molecule has 8 aromatic carbocycles. The molecule has 0 radical (unpaired) electrons. The van der Waals surface area contributed by atoms with Gasteiger partial charge in [-0.3, -0.25) is 0 Å². The van der Waals surface area contributed by atoms with Crippen LogP contribution in [0.4, 0.5) is 0 Å². The number of aromatic nitrogens is 2. The van der Waals surface area contributed by atoms with E-state index < -0.39 is 0 Å². The molecule has 2 heteroatoms. The molecule has 0 bridgehead atoms. The predicted molar refractivity (Wildman–Crippen MR) is 204 cm³/mol. The van der Waals surface area contributed by atoms with Crippen LogP contribution in [0.5, 0.6) is 0 Å². The molecule has 0 aliphatic heterocycles. The molecule has 0 atom stereocenters. The van der Waals surface area contributed by atoms with Crippen LogP contribution in [0.25, 0.3) is 98.6 Å². The molecule has 0 N–H and O–H groups in total. The second-order valence-electron chi connectivity index (χ2n) is 12.9. The maximum absolute atomic E-state index is 2.55. The van der Waals surface area contributed by atoms with E-state index in [4.69, 9.17) is 0 Å². The molecule has 0 saturated carbocycles. The van der Waals surface area contributed by atoms with Crippen LogP contribution in [0, 0.1) is 0 Å². The number of hydrogen-bond acceptors (Lipinski definition) is 0. The van der Waals surface area contributed by atoms with E-state index in [9.17, 15) is 0 Å². The van der Waals surface area contributed by atoms with Gasteiger partial charge in [0.1, 0.15) is 0 Å². The molecule has 0 spiro atoms. The zero-order chi connectivity index (χ0) is 31.3. The highest BCUT2D eigenvalue weighted by atomic mass is 15.0. The molecule has 48 heavy (non-hydrogen) atoms. The van der Waals surface area contributed by atoms with E-state index in [0.29, 0.717) is 0 Å². The van der Waals surface area contributed by atoms with Crippen LogP contribution in [0.3, 0.4) is 0 Å². The van der Waals surface area contributed by atoms with Crippen LogP contribution >= 0.6 is 0 Å². The predicted octanol–water partition coefficient (Wildman–Crippen LogP) is 12.4. The van der Waals surface area contributed by atoms with Crippen LogP contribution in [-0.4, -0.2) is 8.97 Å². The fourth-order valence-electron chi connectivity index (χ4n) is 8.45. The zero-order valence-electron chi connectivity index (χ0n) is 26.1. The van der Waals surface area contributed by atoms with Gasteiger partial charge < -0.3 is 8.97 Å². The maximum Gasteiger partial charge on any atom is 0.0648 e. The number of rotatable bonds is 3.